The Hall–Kier alpha value is -2.08. The van der Waals surface area contributed by atoms with Crippen LogP contribution in [-0.4, -0.2) is 72.6 Å². The van der Waals surface area contributed by atoms with E-state index in [2.05, 4.69) is 41.0 Å². The predicted octanol–water partition coefficient (Wildman–Crippen LogP) is 1.69. The highest BCUT2D eigenvalue weighted by Crippen LogP contribution is 2.24. The Morgan fingerprint density at radius 2 is 1.88 bits per heavy atom. The number of anilines is 1. The summed E-state index contributed by atoms with van der Waals surface area (Å²) in [6, 6.07) is 8.57. The summed E-state index contributed by atoms with van der Waals surface area (Å²) in [5.74, 6) is -1.09. The lowest BCUT2D eigenvalue weighted by atomic mass is 9.99. The average Bonchev–Trinajstić information content (AvgIpc) is 3.02. The van der Waals surface area contributed by atoms with Crippen molar-refractivity contribution < 1.29 is 14.7 Å². The second kappa shape index (κ2) is 8.08. The largest absolute Gasteiger partial charge is 0.481 e. The Kier molecular flexibility index (Phi) is 5.81. The number of likely N-dealkylation sites (tertiary alicyclic amines) is 1. The fraction of sp³-hybridized carbons (Fsp3) is 0.600. The molecule has 6 heteroatoms. The highest BCUT2D eigenvalue weighted by molar-refractivity contribution is 5.79. The van der Waals surface area contributed by atoms with Crippen LogP contribution in [0, 0.1) is 18.8 Å². The normalized spacial score (nSPS) is 24.1. The molecular weight excluding hydrogens is 330 g/mol. The van der Waals surface area contributed by atoms with E-state index in [1.165, 1.54) is 11.3 Å². The van der Waals surface area contributed by atoms with E-state index < -0.39 is 11.9 Å². The summed E-state index contributed by atoms with van der Waals surface area (Å²) in [4.78, 5) is 30.1. The van der Waals surface area contributed by atoms with Gasteiger partial charge in [-0.3, -0.25) is 14.5 Å². The summed E-state index contributed by atoms with van der Waals surface area (Å²) in [7, 11) is 0. The lowest BCUT2D eigenvalue weighted by Crippen LogP contribution is -2.47. The van der Waals surface area contributed by atoms with Crippen LogP contribution in [0.15, 0.2) is 24.3 Å². The molecule has 0 radical (unpaired) electrons. The van der Waals surface area contributed by atoms with Crippen LogP contribution in [0.4, 0.5) is 5.69 Å². The first-order chi connectivity index (χ1) is 12.4. The van der Waals surface area contributed by atoms with Crippen LogP contribution in [0.25, 0.3) is 0 Å². The SMILES string of the molecule is Cc1cccc(N2CCN(CCC(=O)N3C[C@@H](C)[C@H](C(=O)O)C3)CC2)c1. The Labute approximate surface area is 155 Å². The summed E-state index contributed by atoms with van der Waals surface area (Å²) in [5, 5.41) is 9.20. The van der Waals surface area contributed by atoms with Gasteiger partial charge in [0.15, 0.2) is 0 Å². The van der Waals surface area contributed by atoms with E-state index in [1.807, 2.05) is 6.92 Å². The monoisotopic (exact) mass is 359 g/mol. The molecule has 2 saturated heterocycles. The Bertz CT molecular complexity index is 655. The van der Waals surface area contributed by atoms with Crippen molar-refractivity contribution in [2.24, 2.45) is 11.8 Å². The molecule has 1 amide bonds. The van der Waals surface area contributed by atoms with Crippen molar-refractivity contribution in [3.05, 3.63) is 29.8 Å². The zero-order valence-corrected chi connectivity index (χ0v) is 15.7. The van der Waals surface area contributed by atoms with Crippen LogP contribution in [0.5, 0.6) is 0 Å². The van der Waals surface area contributed by atoms with Crippen molar-refractivity contribution in [1.82, 2.24) is 9.80 Å². The van der Waals surface area contributed by atoms with Crippen molar-refractivity contribution in [3.63, 3.8) is 0 Å². The topological polar surface area (TPSA) is 64.1 Å². The molecule has 3 rings (SSSR count). The summed E-state index contributed by atoms with van der Waals surface area (Å²) >= 11 is 0. The zero-order chi connectivity index (χ0) is 18.7. The minimum absolute atomic E-state index is 0.0364. The third-order valence-corrected chi connectivity index (χ3v) is 5.66. The molecule has 0 unspecified atom stereocenters. The first kappa shape index (κ1) is 18.7. The third-order valence-electron chi connectivity index (χ3n) is 5.66. The zero-order valence-electron chi connectivity index (χ0n) is 15.7. The van der Waals surface area contributed by atoms with Crippen LogP contribution in [0.2, 0.25) is 0 Å². The van der Waals surface area contributed by atoms with Gasteiger partial charge in [-0.25, -0.2) is 0 Å². The molecule has 2 aliphatic rings. The van der Waals surface area contributed by atoms with Crippen molar-refractivity contribution >= 4 is 17.6 Å². The van der Waals surface area contributed by atoms with Crippen LogP contribution in [-0.2, 0) is 9.59 Å². The van der Waals surface area contributed by atoms with E-state index in [1.54, 1.807) is 4.90 Å². The number of piperazine rings is 1. The van der Waals surface area contributed by atoms with Crippen molar-refractivity contribution in [3.8, 4) is 0 Å². The molecule has 1 N–H and O–H groups in total. The van der Waals surface area contributed by atoms with E-state index in [0.29, 0.717) is 19.5 Å². The second-order valence-corrected chi connectivity index (χ2v) is 7.64. The molecule has 1 aromatic rings. The molecule has 6 nitrogen and oxygen atoms in total. The molecule has 1 aromatic carbocycles. The van der Waals surface area contributed by atoms with Gasteiger partial charge in [0.1, 0.15) is 0 Å². The van der Waals surface area contributed by atoms with Gasteiger partial charge >= 0.3 is 5.97 Å². The van der Waals surface area contributed by atoms with Crippen LogP contribution >= 0.6 is 0 Å². The number of rotatable bonds is 5. The molecule has 142 valence electrons. The number of carbonyl (C=O) groups excluding carboxylic acids is 1. The van der Waals surface area contributed by atoms with Gasteiger partial charge in [0, 0.05) is 57.9 Å². The number of hydrogen-bond acceptors (Lipinski definition) is 4. The van der Waals surface area contributed by atoms with Gasteiger partial charge < -0.3 is 14.9 Å². The number of carboxylic acid groups (broad SMARTS) is 1. The Balaban J connectivity index is 1.43. The molecule has 0 aromatic heterocycles. The Morgan fingerprint density at radius 1 is 1.15 bits per heavy atom. The Morgan fingerprint density at radius 3 is 2.50 bits per heavy atom. The minimum Gasteiger partial charge on any atom is -0.481 e. The average molecular weight is 359 g/mol. The molecule has 0 saturated carbocycles. The van der Waals surface area contributed by atoms with E-state index in [-0.39, 0.29) is 11.8 Å². The van der Waals surface area contributed by atoms with Crippen LogP contribution < -0.4 is 4.90 Å². The lowest BCUT2D eigenvalue weighted by Gasteiger charge is -2.36. The highest BCUT2D eigenvalue weighted by atomic mass is 16.4. The number of amides is 1. The molecule has 2 aliphatic heterocycles. The maximum atomic E-state index is 12.4. The standard InChI is InChI=1S/C20H29N3O3/c1-15-4-3-5-17(12-15)22-10-8-21(9-11-22)7-6-19(24)23-13-16(2)18(14-23)20(25)26/h3-5,12,16,18H,6-11,13-14H2,1-2H3,(H,25,26)/t16-,18-/m1/s1. The van der Waals surface area contributed by atoms with Gasteiger partial charge in [-0.1, -0.05) is 19.1 Å². The number of aliphatic carboxylic acids is 1. The summed E-state index contributed by atoms with van der Waals surface area (Å²) in [5.41, 5.74) is 2.54. The van der Waals surface area contributed by atoms with Crippen LogP contribution in [0.1, 0.15) is 18.9 Å². The van der Waals surface area contributed by atoms with E-state index in [4.69, 9.17) is 0 Å². The second-order valence-electron chi connectivity index (χ2n) is 7.64. The first-order valence-electron chi connectivity index (χ1n) is 9.48. The van der Waals surface area contributed by atoms with Gasteiger partial charge in [-0.05, 0) is 30.5 Å². The van der Waals surface area contributed by atoms with Gasteiger partial charge in [0.25, 0.3) is 0 Å². The summed E-state index contributed by atoms with van der Waals surface area (Å²) in [6.45, 7) is 9.55. The quantitative estimate of drug-likeness (QED) is 0.867. The van der Waals surface area contributed by atoms with Crippen molar-refractivity contribution in [2.75, 3.05) is 50.7 Å². The maximum absolute atomic E-state index is 12.4. The molecule has 2 atom stereocenters. The smallest absolute Gasteiger partial charge is 0.308 e. The molecule has 0 spiro atoms. The summed E-state index contributed by atoms with van der Waals surface area (Å²) < 4.78 is 0. The predicted molar refractivity (Wildman–Crippen MR) is 101 cm³/mol. The number of hydrogen-bond donors (Lipinski definition) is 1. The molecular formula is C20H29N3O3. The molecule has 0 bridgehead atoms. The molecule has 2 heterocycles. The molecule has 2 fully saturated rings. The maximum Gasteiger partial charge on any atom is 0.308 e. The highest BCUT2D eigenvalue weighted by Gasteiger charge is 2.36. The fourth-order valence-electron chi connectivity index (χ4n) is 3.96. The molecule has 26 heavy (non-hydrogen) atoms. The van der Waals surface area contributed by atoms with Gasteiger partial charge in [-0.2, -0.15) is 0 Å². The van der Waals surface area contributed by atoms with E-state index in [9.17, 15) is 14.7 Å². The van der Waals surface area contributed by atoms with Crippen molar-refractivity contribution in [2.45, 2.75) is 20.3 Å². The van der Waals surface area contributed by atoms with E-state index >= 15 is 0 Å². The third kappa shape index (κ3) is 4.36. The lowest BCUT2D eigenvalue weighted by molar-refractivity contribution is -0.142. The number of benzene rings is 1. The van der Waals surface area contributed by atoms with E-state index in [0.717, 1.165) is 32.7 Å². The van der Waals surface area contributed by atoms with Crippen LogP contribution in [0.3, 0.4) is 0 Å². The minimum atomic E-state index is -0.792. The number of carboxylic acids is 1. The van der Waals surface area contributed by atoms with Gasteiger partial charge in [0.2, 0.25) is 5.91 Å². The molecule has 0 aliphatic carbocycles. The fourth-order valence-corrected chi connectivity index (χ4v) is 3.96. The summed E-state index contributed by atoms with van der Waals surface area (Å²) in [6.07, 6.45) is 0.476. The van der Waals surface area contributed by atoms with Gasteiger partial charge in [-0.15, -0.1) is 0 Å². The van der Waals surface area contributed by atoms with Gasteiger partial charge in [0.05, 0.1) is 5.92 Å². The first-order valence-corrected chi connectivity index (χ1v) is 9.48. The number of nitrogens with zero attached hydrogens (tertiary/aromatic N) is 3. The number of carbonyl (C=O) groups is 2. The number of aryl methyl sites for hydroxylation is 1. The van der Waals surface area contributed by atoms with Crippen molar-refractivity contribution in [1.29, 1.82) is 0 Å².